The average molecular weight is 447 g/mol. The molecule has 1 heterocycles. The summed E-state index contributed by atoms with van der Waals surface area (Å²) in [6.07, 6.45) is 4.32. The molecule has 0 bridgehead atoms. The molecule has 0 radical (unpaired) electrons. The largest absolute Gasteiger partial charge is 0.494 e. The molecule has 172 valence electrons. The van der Waals surface area contributed by atoms with Crippen LogP contribution in [0.3, 0.4) is 0 Å². The van der Waals surface area contributed by atoms with Crippen molar-refractivity contribution in [3.63, 3.8) is 0 Å². The number of rotatable bonds is 8. The van der Waals surface area contributed by atoms with Gasteiger partial charge in [0, 0.05) is 19.2 Å². The molecule has 0 unspecified atom stereocenters. The van der Waals surface area contributed by atoms with E-state index in [1.165, 1.54) is 22.3 Å². The Morgan fingerprint density at radius 3 is 2.79 bits per heavy atom. The van der Waals surface area contributed by atoms with Crippen LogP contribution >= 0.6 is 0 Å². The van der Waals surface area contributed by atoms with Crippen molar-refractivity contribution in [1.29, 1.82) is 0 Å². The Labute approximate surface area is 194 Å². The number of fused-ring (bicyclic) bond motifs is 2. The fourth-order valence-electron chi connectivity index (χ4n) is 4.33. The molecule has 1 aliphatic rings. The molecule has 1 aromatic heterocycles. The van der Waals surface area contributed by atoms with Crippen molar-refractivity contribution in [2.24, 2.45) is 4.99 Å². The number of benzene rings is 2. The molecule has 0 aliphatic heterocycles. The van der Waals surface area contributed by atoms with Crippen LogP contribution < -0.4 is 10.2 Å². The van der Waals surface area contributed by atoms with Gasteiger partial charge in [-0.15, -0.1) is 0 Å². The highest BCUT2D eigenvalue weighted by Crippen LogP contribution is 2.35. The molecule has 6 nitrogen and oxygen atoms in total. The first-order valence-electron chi connectivity index (χ1n) is 11.5. The number of nitrogens with zero attached hydrogens (tertiary/aromatic N) is 2. The zero-order valence-electron chi connectivity index (χ0n) is 18.9. The Morgan fingerprint density at radius 1 is 1.09 bits per heavy atom. The molecule has 0 spiro atoms. The van der Waals surface area contributed by atoms with E-state index < -0.39 is 0 Å². The molecule has 0 saturated carbocycles. The van der Waals surface area contributed by atoms with Gasteiger partial charge in [0.15, 0.2) is 5.49 Å². The minimum absolute atomic E-state index is 0.113. The third-order valence-electron chi connectivity index (χ3n) is 5.90. The van der Waals surface area contributed by atoms with E-state index in [1.807, 2.05) is 25.1 Å². The number of hydrogen-bond acceptors (Lipinski definition) is 5. The number of aromatic nitrogens is 1. The lowest BCUT2D eigenvalue weighted by atomic mass is 9.89. The summed E-state index contributed by atoms with van der Waals surface area (Å²) in [7, 11) is 0. The third kappa shape index (κ3) is 5.83. The Kier molecular flexibility index (Phi) is 7.45. The molecule has 4 rings (SSSR count). The van der Waals surface area contributed by atoms with E-state index >= 15 is 0 Å². The monoisotopic (exact) mass is 446 g/mol. The Hall–Kier alpha value is -3.54. The topological polar surface area (TPSA) is 73.0 Å². The summed E-state index contributed by atoms with van der Waals surface area (Å²) in [5.74, 6) is 0.808. The highest BCUT2D eigenvalue weighted by atomic mass is 16.5. The van der Waals surface area contributed by atoms with Gasteiger partial charge in [-0.05, 0) is 72.2 Å². The van der Waals surface area contributed by atoms with E-state index in [4.69, 9.17) is 9.47 Å². The van der Waals surface area contributed by atoms with Crippen LogP contribution in [0.4, 0.5) is 0 Å². The molecule has 6 heteroatoms. The fourth-order valence-corrected chi connectivity index (χ4v) is 4.33. The molecule has 3 aromatic rings. The van der Waals surface area contributed by atoms with E-state index in [-0.39, 0.29) is 11.9 Å². The van der Waals surface area contributed by atoms with Gasteiger partial charge in [0.05, 0.1) is 19.6 Å². The number of esters is 1. The number of ether oxygens (including phenoxy) is 2. The van der Waals surface area contributed by atoms with Crippen molar-refractivity contribution in [1.82, 2.24) is 4.73 Å². The van der Waals surface area contributed by atoms with Crippen LogP contribution in [-0.4, -0.2) is 35.7 Å². The van der Waals surface area contributed by atoms with Gasteiger partial charge in [-0.3, -0.25) is 9.79 Å². The summed E-state index contributed by atoms with van der Waals surface area (Å²) < 4.78 is 12.2. The molecule has 0 saturated heterocycles. The predicted octanol–water partition coefficient (Wildman–Crippen LogP) is 4.28. The first-order valence-corrected chi connectivity index (χ1v) is 11.5. The second-order valence-electron chi connectivity index (χ2n) is 8.20. The number of carbonyl (C=O) groups excluding carboxylic acids is 1. The van der Waals surface area contributed by atoms with Crippen LogP contribution in [-0.2, 0) is 22.4 Å². The summed E-state index contributed by atoms with van der Waals surface area (Å²) in [6.45, 7) is 3.36. The Bertz CT molecular complexity index is 1170. The highest BCUT2D eigenvalue weighted by Gasteiger charge is 2.24. The van der Waals surface area contributed by atoms with Crippen LogP contribution in [0.2, 0.25) is 0 Å². The quantitative estimate of drug-likeness (QED) is 0.318. The average Bonchev–Trinajstić information content (AvgIpc) is 2.96. The van der Waals surface area contributed by atoms with Gasteiger partial charge in [-0.1, -0.05) is 36.4 Å². The van der Waals surface area contributed by atoms with E-state index in [0.29, 0.717) is 31.7 Å². The molecule has 1 aliphatic carbocycles. The fraction of sp³-hybridized carbons (Fsp3) is 0.333. The lowest BCUT2D eigenvalue weighted by molar-refractivity contribution is -0.143. The maximum Gasteiger partial charge on any atom is 0.306 e. The van der Waals surface area contributed by atoms with Crippen molar-refractivity contribution in [2.45, 2.75) is 38.5 Å². The van der Waals surface area contributed by atoms with Gasteiger partial charge >= 0.3 is 5.97 Å². The van der Waals surface area contributed by atoms with Gasteiger partial charge < -0.3 is 14.7 Å². The molecule has 33 heavy (non-hydrogen) atoms. The highest BCUT2D eigenvalue weighted by molar-refractivity contribution is 5.71. The zero-order chi connectivity index (χ0) is 23.0. The number of hydrogen-bond donors (Lipinski definition) is 1. The predicted molar refractivity (Wildman–Crippen MR) is 126 cm³/mol. The van der Waals surface area contributed by atoms with Crippen LogP contribution in [0.1, 0.15) is 47.9 Å². The summed E-state index contributed by atoms with van der Waals surface area (Å²) >= 11 is 0. The molecular formula is C27H30N2O4. The van der Waals surface area contributed by atoms with Gasteiger partial charge in [0.2, 0.25) is 0 Å². The van der Waals surface area contributed by atoms with E-state index in [1.54, 1.807) is 18.3 Å². The second kappa shape index (κ2) is 10.9. The summed E-state index contributed by atoms with van der Waals surface area (Å²) in [6, 6.07) is 20.0. The summed E-state index contributed by atoms with van der Waals surface area (Å²) in [5, 5.41) is 9.71. The molecule has 1 atom stereocenters. The maximum atomic E-state index is 12.2. The summed E-state index contributed by atoms with van der Waals surface area (Å²) in [4.78, 5) is 16.6. The number of pyridine rings is 1. The van der Waals surface area contributed by atoms with E-state index in [2.05, 4.69) is 35.3 Å². The van der Waals surface area contributed by atoms with Crippen molar-refractivity contribution >= 4 is 5.97 Å². The molecule has 1 N–H and O–H groups in total. The minimum Gasteiger partial charge on any atom is -0.494 e. The lowest BCUT2D eigenvalue weighted by Gasteiger charge is -2.17. The van der Waals surface area contributed by atoms with Crippen molar-refractivity contribution < 1.29 is 19.5 Å². The smallest absolute Gasteiger partial charge is 0.306 e. The SMILES string of the molecule is CCOC(=O)C[C@H]1Cc2ccc(OCCCN=c3ccccn3O)cc2Cc2ccccc21. The van der Waals surface area contributed by atoms with Crippen LogP contribution in [0.15, 0.2) is 71.9 Å². The first-order chi connectivity index (χ1) is 16.1. The van der Waals surface area contributed by atoms with Gasteiger partial charge in [0.25, 0.3) is 0 Å². The zero-order valence-corrected chi connectivity index (χ0v) is 18.9. The third-order valence-corrected chi connectivity index (χ3v) is 5.90. The van der Waals surface area contributed by atoms with E-state index in [0.717, 1.165) is 29.7 Å². The molecular weight excluding hydrogens is 416 g/mol. The number of carbonyl (C=O) groups is 1. The Morgan fingerprint density at radius 2 is 1.94 bits per heavy atom. The van der Waals surface area contributed by atoms with Crippen LogP contribution in [0, 0.1) is 0 Å². The standard InChI is InChI=1S/C27H30N2O4/c1-2-32-27(30)19-23-16-20-11-12-24(18-22(20)17-21-8-3-4-9-25(21)23)33-15-7-13-28-26-10-5-6-14-29(26)31/h3-6,8-12,14,18,23,31H,2,7,13,15-17,19H2,1H3/t23-/m1/s1. The first kappa shape index (κ1) is 22.6. The van der Waals surface area contributed by atoms with Gasteiger partial charge in [-0.25, -0.2) is 0 Å². The van der Waals surface area contributed by atoms with Crippen LogP contribution in [0.5, 0.6) is 5.75 Å². The maximum absolute atomic E-state index is 12.2. The van der Waals surface area contributed by atoms with Crippen molar-refractivity contribution in [3.05, 3.63) is 94.6 Å². The van der Waals surface area contributed by atoms with Gasteiger partial charge in [-0.2, -0.15) is 4.73 Å². The van der Waals surface area contributed by atoms with Crippen molar-refractivity contribution in [3.8, 4) is 5.75 Å². The minimum atomic E-state index is -0.145. The van der Waals surface area contributed by atoms with Crippen molar-refractivity contribution in [2.75, 3.05) is 19.8 Å². The van der Waals surface area contributed by atoms with Gasteiger partial charge in [0.1, 0.15) is 5.75 Å². The molecule has 0 amide bonds. The lowest BCUT2D eigenvalue weighted by Crippen LogP contribution is -2.17. The summed E-state index contributed by atoms with van der Waals surface area (Å²) in [5.41, 5.74) is 5.49. The molecule has 0 fully saturated rings. The van der Waals surface area contributed by atoms with E-state index in [9.17, 15) is 10.0 Å². The second-order valence-corrected chi connectivity index (χ2v) is 8.20. The Balaban J connectivity index is 1.43. The normalized spacial score (nSPS) is 15.3. The molecule has 2 aromatic carbocycles. The van der Waals surface area contributed by atoms with Crippen LogP contribution in [0.25, 0.3) is 0 Å².